The molecule has 3 heteroatoms. The van der Waals surface area contributed by atoms with E-state index >= 15 is 0 Å². The van der Waals surface area contributed by atoms with E-state index in [0.29, 0.717) is 5.92 Å². The molecule has 0 N–H and O–H groups in total. The van der Waals surface area contributed by atoms with Crippen molar-refractivity contribution in [3.63, 3.8) is 0 Å². The monoisotopic (exact) mass is 274 g/mol. The minimum absolute atomic E-state index is 0.194. The number of likely N-dealkylation sites (tertiary alicyclic amines) is 1. The molecule has 3 nitrogen and oxygen atoms in total. The van der Waals surface area contributed by atoms with Crippen LogP contribution in [0.15, 0.2) is 24.3 Å². The van der Waals surface area contributed by atoms with Crippen LogP contribution in [0.4, 0.5) is 0 Å². The van der Waals surface area contributed by atoms with Gasteiger partial charge < -0.3 is 9.80 Å². The summed E-state index contributed by atoms with van der Waals surface area (Å²) in [5.41, 5.74) is 2.02. The second-order valence-electron chi connectivity index (χ2n) is 6.22. The lowest BCUT2D eigenvalue weighted by molar-refractivity contribution is 0.0663. The molecule has 1 saturated heterocycles. The number of nitrogens with zero attached hydrogens (tertiary/aromatic N) is 2. The second kappa shape index (κ2) is 6.89. The molecular weight excluding hydrogens is 248 g/mol. The topological polar surface area (TPSA) is 23.6 Å². The largest absolute Gasteiger partial charge is 0.338 e. The molecule has 1 amide bonds. The Balaban J connectivity index is 1.94. The number of piperidine rings is 1. The number of aryl methyl sites for hydroxylation is 1. The number of hydrogen-bond acceptors (Lipinski definition) is 2. The van der Waals surface area contributed by atoms with Crippen molar-refractivity contribution in [2.24, 2.45) is 5.92 Å². The van der Waals surface area contributed by atoms with E-state index in [1.807, 2.05) is 36.1 Å². The van der Waals surface area contributed by atoms with Gasteiger partial charge in [-0.3, -0.25) is 4.79 Å². The van der Waals surface area contributed by atoms with Crippen molar-refractivity contribution in [3.05, 3.63) is 35.4 Å². The molecule has 20 heavy (non-hydrogen) atoms. The van der Waals surface area contributed by atoms with E-state index in [1.54, 1.807) is 0 Å². The van der Waals surface area contributed by atoms with E-state index in [9.17, 15) is 4.79 Å². The fourth-order valence-corrected chi connectivity index (χ4v) is 2.80. The standard InChI is InChI=1S/C17H26N2O/c1-14-6-8-16(9-7-14)17(20)19-11-4-5-15(13-19)10-12-18(2)3/h6-9,15H,4-5,10-13H2,1-3H3. The smallest absolute Gasteiger partial charge is 0.253 e. The van der Waals surface area contributed by atoms with E-state index in [0.717, 1.165) is 31.6 Å². The lowest BCUT2D eigenvalue weighted by Crippen LogP contribution is -2.40. The number of carbonyl (C=O) groups excluding carboxylic acids is 1. The molecule has 0 bridgehead atoms. The molecule has 1 aromatic carbocycles. The Hall–Kier alpha value is -1.35. The minimum atomic E-state index is 0.194. The maximum atomic E-state index is 12.5. The summed E-state index contributed by atoms with van der Waals surface area (Å²) >= 11 is 0. The van der Waals surface area contributed by atoms with E-state index in [-0.39, 0.29) is 5.91 Å². The van der Waals surface area contributed by atoms with Gasteiger partial charge in [0.15, 0.2) is 0 Å². The fraction of sp³-hybridized carbons (Fsp3) is 0.588. The lowest BCUT2D eigenvalue weighted by atomic mass is 9.94. The highest BCUT2D eigenvalue weighted by atomic mass is 16.2. The van der Waals surface area contributed by atoms with Crippen molar-refractivity contribution >= 4 is 5.91 Å². The first kappa shape index (κ1) is 15.0. The Bertz CT molecular complexity index is 439. The summed E-state index contributed by atoms with van der Waals surface area (Å²) < 4.78 is 0. The molecule has 0 saturated carbocycles. The molecule has 1 fully saturated rings. The zero-order valence-electron chi connectivity index (χ0n) is 12.9. The highest BCUT2D eigenvalue weighted by Crippen LogP contribution is 2.21. The summed E-state index contributed by atoms with van der Waals surface area (Å²) in [4.78, 5) is 16.8. The summed E-state index contributed by atoms with van der Waals surface area (Å²) in [5, 5.41) is 0. The Morgan fingerprint density at radius 1 is 1.30 bits per heavy atom. The molecule has 0 aliphatic carbocycles. The van der Waals surface area contributed by atoms with Gasteiger partial charge in [-0.1, -0.05) is 17.7 Å². The van der Waals surface area contributed by atoms with E-state index in [2.05, 4.69) is 19.0 Å². The third kappa shape index (κ3) is 4.07. The molecule has 1 aliphatic rings. The average Bonchev–Trinajstić information content (AvgIpc) is 2.45. The van der Waals surface area contributed by atoms with Crippen LogP contribution in [0.5, 0.6) is 0 Å². The molecule has 0 aromatic heterocycles. The molecule has 1 atom stereocenters. The van der Waals surface area contributed by atoms with Crippen LogP contribution in [0.1, 0.15) is 35.2 Å². The third-order valence-corrected chi connectivity index (χ3v) is 4.09. The Kier molecular flexibility index (Phi) is 5.18. The van der Waals surface area contributed by atoms with Gasteiger partial charge in [0.2, 0.25) is 0 Å². The Labute approximate surface area is 122 Å². The molecule has 2 rings (SSSR count). The summed E-state index contributed by atoms with van der Waals surface area (Å²) in [6.07, 6.45) is 3.58. The summed E-state index contributed by atoms with van der Waals surface area (Å²) in [6.45, 7) is 4.98. The minimum Gasteiger partial charge on any atom is -0.338 e. The van der Waals surface area contributed by atoms with E-state index < -0.39 is 0 Å². The zero-order valence-corrected chi connectivity index (χ0v) is 12.9. The SMILES string of the molecule is Cc1ccc(C(=O)N2CCCC(CCN(C)C)C2)cc1. The van der Waals surface area contributed by atoms with Crippen LogP contribution in [0.2, 0.25) is 0 Å². The predicted octanol–water partition coefficient (Wildman–Crippen LogP) is 2.80. The number of carbonyl (C=O) groups is 1. The number of rotatable bonds is 4. The van der Waals surface area contributed by atoms with Gasteiger partial charge in [-0.05, 0) is 64.9 Å². The first-order valence-electron chi connectivity index (χ1n) is 7.57. The van der Waals surface area contributed by atoms with Crippen LogP contribution in [0.25, 0.3) is 0 Å². The first-order valence-corrected chi connectivity index (χ1v) is 7.57. The summed E-state index contributed by atoms with van der Waals surface area (Å²) in [7, 11) is 4.22. The van der Waals surface area contributed by atoms with Gasteiger partial charge in [-0.15, -0.1) is 0 Å². The van der Waals surface area contributed by atoms with Crippen molar-refractivity contribution in [2.45, 2.75) is 26.2 Å². The zero-order chi connectivity index (χ0) is 14.5. The predicted molar refractivity (Wildman–Crippen MR) is 83.0 cm³/mol. The van der Waals surface area contributed by atoms with Crippen LogP contribution >= 0.6 is 0 Å². The number of benzene rings is 1. The van der Waals surface area contributed by atoms with Crippen LogP contribution in [-0.4, -0.2) is 49.4 Å². The normalized spacial score (nSPS) is 19.4. The van der Waals surface area contributed by atoms with Crippen LogP contribution < -0.4 is 0 Å². The Morgan fingerprint density at radius 3 is 2.65 bits per heavy atom. The van der Waals surface area contributed by atoms with Crippen molar-refractivity contribution < 1.29 is 4.79 Å². The van der Waals surface area contributed by atoms with E-state index in [4.69, 9.17) is 0 Å². The van der Waals surface area contributed by atoms with Crippen LogP contribution in [0, 0.1) is 12.8 Å². The first-order chi connectivity index (χ1) is 9.56. The van der Waals surface area contributed by atoms with Crippen molar-refractivity contribution in [1.29, 1.82) is 0 Å². The van der Waals surface area contributed by atoms with Crippen LogP contribution in [0.3, 0.4) is 0 Å². The highest BCUT2D eigenvalue weighted by Gasteiger charge is 2.24. The summed E-state index contributed by atoms with van der Waals surface area (Å²) in [6, 6.07) is 7.92. The second-order valence-corrected chi connectivity index (χ2v) is 6.22. The average molecular weight is 274 g/mol. The maximum absolute atomic E-state index is 12.5. The van der Waals surface area contributed by atoms with E-state index in [1.165, 1.54) is 18.4 Å². The molecule has 1 heterocycles. The van der Waals surface area contributed by atoms with Gasteiger partial charge in [0, 0.05) is 18.7 Å². The third-order valence-electron chi connectivity index (χ3n) is 4.09. The van der Waals surface area contributed by atoms with Crippen LogP contribution in [-0.2, 0) is 0 Å². The lowest BCUT2D eigenvalue weighted by Gasteiger charge is -2.33. The van der Waals surface area contributed by atoms with Gasteiger partial charge in [-0.2, -0.15) is 0 Å². The molecule has 0 spiro atoms. The quantitative estimate of drug-likeness (QED) is 0.843. The Morgan fingerprint density at radius 2 is 2.00 bits per heavy atom. The number of amides is 1. The van der Waals surface area contributed by atoms with Crippen molar-refractivity contribution in [2.75, 3.05) is 33.7 Å². The molecular formula is C17H26N2O. The van der Waals surface area contributed by atoms with Crippen molar-refractivity contribution in [3.8, 4) is 0 Å². The fourth-order valence-electron chi connectivity index (χ4n) is 2.80. The number of hydrogen-bond donors (Lipinski definition) is 0. The van der Waals surface area contributed by atoms with Gasteiger partial charge in [-0.25, -0.2) is 0 Å². The molecule has 1 unspecified atom stereocenters. The van der Waals surface area contributed by atoms with Gasteiger partial charge >= 0.3 is 0 Å². The van der Waals surface area contributed by atoms with Gasteiger partial charge in [0.1, 0.15) is 0 Å². The molecule has 110 valence electrons. The molecule has 1 aromatic rings. The van der Waals surface area contributed by atoms with Crippen molar-refractivity contribution in [1.82, 2.24) is 9.80 Å². The molecule has 1 aliphatic heterocycles. The molecule has 0 radical (unpaired) electrons. The highest BCUT2D eigenvalue weighted by molar-refractivity contribution is 5.94. The van der Waals surface area contributed by atoms with Gasteiger partial charge in [0.25, 0.3) is 5.91 Å². The maximum Gasteiger partial charge on any atom is 0.253 e. The van der Waals surface area contributed by atoms with Gasteiger partial charge in [0.05, 0.1) is 0 Å². The summed E-state index contributed by atoms with van der Waals surface area (Å²) in [5.74, 6) is 0.847.